The number of hydrogen-bond acceptors (Lipinski definition) is 2. The van der Waals surface area contributed by atoms with Crippen molar-refractivity contribution in [2.45, 2.75) is 26.9 Å². The lowest BCUT2D eigenvalue weighted by molar-refractivity contribution is -0.143. The number of amides is 1. The molecule has 0 N–H and O–H groups in total. The van der Waals surface area contributed by atoms with Crippen molar-refractivity contribution >= 4 is 6.09 Å². The van der Waals surface area contributed by atoms with Crippen LogP contribution >= 0.6 is 0 Å². The van der Waals surface area contributed by atoms with E-state index in [1.54, 1.807) is 20.8 Å². The largest absolute Gasteiger partial charge is 0.450 e. The smallest absolute Gasteiger partial charge is 0.410 e. The molecule has 0 aliphatic rings. The number of ether oxygens (including phenoxy) is 1. The van der Waals surface area contributed by atoms with Gasteiger partial charge in [-0.1, -0.05) is 13.8 Å². The molecule has 0 aromatic carbocycles. The molecule has 0 saturated heterocycles. The van der Waals surface area contributed by atoms with Crippen molar-refractivity contribution in [1.29, 1.82) is 0 Å². The summed E-state index contributed by atoms with van der Waals surface area (Å²) >= 11 is 0. The minimum absolute atomic E-state index is 0.0308. The molecule has 0 rings (SSSR count). The van der Waals surface area contributed by atoms with Gasteiger partial charge in [0.15, 0.2) is 0 Å². The van der Waals surface area contributed by atoms with Gasteiger partial charge in [0.05, 0.1) is 6.61 Å². The minimum Gasteiger partial charge on any atom is -0.450 e. The molecule has 1 amide bonds. The number of halogens is 3. The Kier molecular flexibility index (Phi) is 5.46. The van der Waals surface area contributed by atoms with Crippen molar-refractivity contribution in [3.8, 4) is 0 Å². The summed E-state index contributed by atoms with van der Waals surface area (Å²) in [5.41, 5.74) is 0. The van der Waals surface area contributed by atoms with Crippen LogP contribution in [0, 0.1) is 5.92 Å². The molecule has 90 valence electrons. The summed E-state index contributed by atoms with van der Waals surface area (Å²) in [4.78, 5) is 11.8. The quantitative estimate of drug-likeness (QED) is 0.739. The molecule has 0 saturated carbocycles. The van der Waals surface area contributed by atoms with Crippen molar-refractivity contribution in [1.82, 2.24) is 4.90 Å². The SMILES string of the molecule is CCOC(=O)N(CC(C)C)CC(F)(F)F. The van der Waals surface area contributed by atoms with E-state index in [4.69, 9.17) is 0 Å². The lowest BCUT2D eigenvalue weighted by atomic mass is 10.2. The van der Waals surface area contributed by atoms with E-state index in [1.807, 2.05) is 0 Å². The Morgan fingerprint density at radius 2 is 1.93 bits per heavy atom. The highest BCUT2D eigenvalue weighted by atomic mass is 19.4. The van der Waals surface area contributed by atoms with E-state index in [2.05, 4.69) is 4.74 Å². The number of carbonyl (C=O) groups is 1. The number of carbonyl (C=O) groups excluding carboxylic acids is 1. The first-order valence-corrected chi connectivity index (χ1v) is 4.74. The molecular weight excluding hydrogens is 211 g/mol. The van der Waals surface area contributed by atoms with Gasteiger partial charge in [0.1, 0.15) is 6.54 Å². The molecule has 0 aromatic rings. The van der Waals surface area contributed by atoms with Gasteiger partial charge in [-0.05, 0) is 12.8 Å². The maximum atomic E-state index is 12.1. The summed E-state index contributed by atoms with van der Waals surface area (Å²) in [6.45, 7) is 3.89. The van der Waals surface area contributed by atoms with Gasteiger partial charge in [0, 0.05) is 6.54 Å². The lowest BCUT2D eigenvalue weighted by Gasteiger charge is -2.24. The molecule has 0 aliphatic carbocycles. The van der Waals surface area contributed by atoms with E-state index in [-0.39, 0.29) is 19.1 Å². The maximum Gasteiger partial charge on any atom is 0.410 e. The highest BCUT2D eigenvalue weighted by Gasteiger charge is 2.33. The molecule has 0 bridgehead atoms. The van der Waals surface area contributed by atoms with Crippen LogP contribution in [0.4, 0.5) is 18.0 Å². The number of hydrogen-bond donors (Lipinski definition) is 0. The van der Waals surface area contributed by atoms with Crippen molar-refractivity contribution in [2.24, 2.45) is 5.92 Å². The number of rotatable bonds is 4. The minimum atomic E-state index is -4.39. The molecule has 0 atom stereocenters. The van der Waals surface area contributed by atoms with Crippen LogP contribution < -0.4 is 0 Å². The van der Waals surface area contributed by atoms with Gasteiger partial charge in [-0.2, -0.15) is 13.2 Å². The van der Waals surface area contributed by atoms with Gasteiger partial charge in [-0.25, -0.2) is 4.79 Å². The Hall–Kier alpha value is -0.940. The second kappa shape index (κ2) is 5.82. The summed E-state index contributed by atoms with van der Waals surface area (Å²) in [7, 11) is 0. The second-order valence-electron chi connectivity index (χ2n) is 3.59. The van der Waals surface area contributed by atoms with Gasteiger partial charge in [-0.3, -0.25) is 4.90 Å². The van der Waals surface area contributed by atoms with Crippen LogP contribution in [0.2, 0.25) is 0 Å². The van der Waals surface area contributed by atoms with E-state index >= 15 is 0 Å². The van der Waals surface area contributed by atoms with E-state index in [0.29, 0.717) is 4.90 Å². The Labute approximate surface area is 87.2 Å². The predicted molar refractivity (Wildman–Crippen MR) is 49.5 cm³/mol. The molecule has 6 heteroatoms. The first kappa shape index (κ1) is 14.1. The predicted octanol–water partition coefficient (Wildman–Crippen LogP) is 2.66. The van der Waals surface area contributed by atoms with Crippen LogP contribution in [0.1, 0.15) is 20.8 Å². The van der Waals surface area contributed by atoms with Gasteiger partial charge < -0.3 is 4.74 Å². The summed E-state index contributed by atoms with van der Waals surface area (Å²) < 4.78 is 40.9. The first-order valence-electron chi connectivity index (χ1n) is 4.74. The van der Waals surface area contributed by atoms with Crippen LogP contribution in [-0.4, -0.2) is 36.9 Å². The van der Waals surface area contributed by atoms with Crippen LogP contribution in [0.15, 0.2) is 0 Å². The zero-order valence-corrected chi connectivity index (χ0v) is 9.10. The Morgan fingerprint density at radius 3 is 2.27 bits per heavy atom. The lowest BCUT2D eigenvalue weighted by Crippen LogP contribution is -2.41. The standard InChI is InChI=1S/C9H16F3NO2/c1-4-15-8(14)13(5-7(2)3)6-9(10,11)12/h7H,4-6H2,1-3H3. The van der Waals surface area contributed by atoms with E-state index in [9.17, 15) is 18.0 Å². The molecule has 0 aromatic heterocycles. The third kappa shape index (κ3) is 7.04. The Balaban J connectivity index is 4.37. The fourth-order valence-corrected chi connectivity index (χ4v) is 1.08. The van der Waals surface area contributed by atoms with Gasteiger partial charge in [0.2, 0.25) is 0 Å². The molecule has 0 unspecified atom stereocenters. The highest BCUT2D eigenvalue weighted by Crippen LogP contribution is 2.17. The third-order valence-electron chi connectivity index (χ3n) is 1.48. The van der Waals surface area contributed by atoms with E-state index in [0.717, 1.165) is 0 Å². The third-order valence-corrected chi connectivity index (χ3v) is 1.48. The molecule has 0 heterocycles. The van der Waals surface area contributed by atoms with Crippen LogP contribution in [0.3, 0.4) is 0 Å². The van der Waals surface area contributed by atoms with Gasteiger partial charge in [-0.15, -0.1) is 0 Å². The first-order chi connectivity index (χ1) is 6.76. The molecular formula is C9H16F3NO2. The second-order valence-corrected chi connectivity index (χ2v) is 3.59. The van der Waals surface area contributed by atoms with Crippen molar-refractivity contribution < 1.29 is 22.7 Å². The Morgan fingerprint density at radius 1 is 1.40 bits per heavy atom. The fourth-order valence-electron chi connectivity index (χ4n) is 1.08. The molecule has 0 spiro atoms. The summed E-state index contributed by atoms with van der Waals surface area (Å²) in [6, 6.07) is 0. The van der Waals surface area contributed by atoms with Crippen LogP contribution in [-0.2, 0) is 4.74 Å². The normalized spacial score (nSPS) is 11.7. The van der Waals surface area contributed by atoms with Crippen LogP contribution in [0.25, 0.3) is 0 Å². The van der Waals surface area contributed by atoms with Crippen LogP contribution in [0.5, 0.6) is 0 Å². The molecule has 0 fully saturated rings. The summed E-state index contributed by atoms with van der Waals surface area (Å²) in [5.74, 6) is -0.0308. The molecule has 15 heavy (non-hydrogen) atoms. The maximum absolute atomic E-state index is 12.1. The van der Waals surface area contributed by atoms with E-state index in [1.165, 1.54) is 0 Å². The summed E-state index contributed by atoms with van der Waals surface area (Å²) in [5, 5.41) is 0. The van der Waals surface area contributed by atoms with Crippen molar-refractivity contribution in [3.05, 3.63) is 0 Å². The topological polar surface area (TPSA) is 29.5 Å². The average molecular weight is 227 g/mol. The highest BCUT2D eigenvalue weighted by molar-refractivity contribution is 5.67. The van der Waals surface area contributed by atoms with E-state index < -0.39 is 18.8 Å². The van der Waals surface area contributed by atoms with Crippen molar-refractivity contribution in [2.75, 3.05) is 19.7 Å². The van der Waals surface area contributed by atoms with Gasteiger partial charge in [0.25, 0.3) is 0 Å². The number of alkyl halides is 3. The molecule has 3 nitrogen and oxygen atoms in total. The zero-order valence-electron chi connectivity index (χ0n) is 9.10. The van der Waals surface area contributed by atoms with Gasteiger partial charge >= 0.3 is 12.3 Å². The fraction of sp³-hybridized carbons (Fsp3) is 0.889. The zero-order chi connectivity index (χ0) is 12.1. The monoisotopic (exact) mass is 227 g/mol. The Bertz CT molecular complexity index is 204. The average Bonchev–Trinajstić information content (AvgIpc) is 1.99. The molecule has 0 radical (unpaired) electrons. The number of nitrogens with zero attached hydrogens (tertiary/aromatic N) is 1. The van der Waals surface area contributed by atoms with Crippen molar-refractivity contribution in [3.63, 3.8) is 0 Å². The molecule has 0 aliphatic heterocycles. The summed E-state index contributed by atoms with van der Waals surface area (Å²) in [6.07, 6.45) is -5.30.